The largest absolute Gasteiger partial charge is 0.356 e. The van der Waals surface area contributed by atoms with E-state index in [1.165, 1.54) is 103 Å². The van der Waals surface area contributed by atoms with Crippen LogP contribution >= 0.6 is 0 Å². The molecule has 1 heterocycles. The molecule has 0 aromatic rings. The van der Waals surface area contributed by atoms with Crippen LogP contribution in [0.15, 0.2) is 0 Å². The third kappa shape index (κ3) is 22.7. The van der Waals surface area contributed by atoms with Crippen molar-refractivity contribution in [1.29, 1.82) is 21.6 Å². The average molecular weight is 535 g/mol. The monoisotopic (exact) mass is 534 g/mol. The van der Waals surface area contributed by atoms with Gasteiger partial charge in [-0.25, -0.2) is 0 Å². The summed E-state index contributed by atoms with van der Waals surface area (Å²) in [6.07, 6.45) is 24.1. The van der Waals surface area contributed by atoms with E-state index >= 15 is 0 Å². The Morgan fingerprint density at radius 3 is 0.605 bits per heavy atom. The minimum absolute atomic E-state index is 0.207. The molecule has 0 radical (unpaired) electrons. The lowest BCUT2D eigenvalue weighted by Crippen LogP contribution is -2.46. The Kier molecular flexibility index (Phi) is 21.9. The Hall–Kier alpha value is -2.52. The van der Waals surface area contributed by atoms with Gasteiger partial charge in [0.15, 0.2) is 23.8 Å². The zero-order valence-corrected chi connectivity index (χ0v) is 24.0. The summed E-state index contributed by atoms with van der Waals surface area (Å²) < 4.78 is 0. The number of hydrogen-bond acceptors (Lipinski definition) is 4. The second-order valence-corrected chi connectivity index (χ2v) is 10.5. The van der Waals surface area contributed by atoms with Gasteiger partial charge in [0, 0.05) is 26.2 Å². The summed E-state index contributed by atoms with van der Waals surface area (Å²) in [5, 5.41) is 49.6. The van der Waals surface area contributed by atoms with Crippen LogP contribution in [0.25, 0.3) is 0 Å². The van der Waals surface area contributed by atoms with Crippen molar-refractivity contribution in [2.45, 2.75) is 128 Å². The van der Waals surface area contributed by atoms with Crippen LogP contribution in [0.2, 0.25) is 0 Å². The average Bonchev–Trinajstić information content (AvgIpc) is 2.88. The molecule has 0 saturated carbocycles. The van der Waals surface area contributed by atoms with Gasteiger partial charge in [0.25, 0.3) is 0 Å². The molecule has 0 amide bonds. The van der Waals surface area contributed by atoms with Crippen molar-refractivity contribution in [3.05, 3.63) is 0 Å². The summed E-state index contributed by atoms with van der Waals surface area (Å²) >= 11 is 0. The number of guanidine groups is 4. The Morgan fingerprint density at radius 2 is 0.421 bits per heavy atom. The predicted molar refractivity (Wildman–Crippen MR) is 162 cm³/mol. The lowest BCUT2D eigenvalue weighted by Gasteiger charge is -2.13. The van der Waals surface area contributed by atoms with Crippen LogP contribution in [-0.2, 0) is 0 Å². The van der Waals surface area contributed by atoms with Crippen LogP contribution in [-0.4, -0.2) is 50.0 Å². The van der Waals surface area contributed by atoms with Gasteiger partial charge in [-0.05, 0) is 25.7 Å². The van der Waals surface area contributed by atoms with E-state index in [0.717, 1.165) is 51.9 Å². The maximum atomic E-state index is 7.95. The molecule has 0 bridgehead atoms. The molecule has 10 heteroatoms. The fourth-order valence-corrected chi connectivity index (χ4v) is 4.61. The van der Waals surface area contributed by atoms with Crippen LogP contribution in [0, 0.1) is 21.6 Å². The van der Waals surface area contributed by atoms with Crippen molar-refractivity contribution < 1.29 is 0 Å². The quantitative estimate of drug-likeness (QED) is 0.208. The van der Waals surface area contributed by atoms with E-state index in [2.05, 4.69) is 31.9 Å². The van der Waals surface area contributed by atoms with E-state index in [9.17, 15) is 0 Å². The van der Waals surface area contributed by atoms with Gasteiger partial charge in [0.2, 0.25) is 0 Å². The second-order valence-electron chi connectivity index (χ2n) is 10.5. The van der Waals surface area contributed by atoms with Gasteiger partial charge in [-0.15, -0.1) is 0 Å². The van der Waals surface area contributed by atoms with E-state index in [0.29, 0.717) is 0 Å². The van der Waals surface area contributed by atoms with Gasteiger partial charge >= 0.3 is 0 Å². The summed E-state index contributed by atoms with van der Waals surface area (Å²) in [5.74, 6) is 0.829. The van der Waals surface area contributed by atoms with Crippen molar-refractivity contribution in [2.75, 3.05) is 26.2 Å². The normalized spacial score (nSPS) is 21.7. The molecule has 10 nitrogen and oxygen atoms in total. The van der Waals surface area contributed by atoms with Crippen molar-refractivity contribution in [3.63, 3.8) is 0 Å². The maximum absolute atomic E-state index is 7.95. The van der Waals surface area contributed by atoms with Crippen molar-refractivity contribution in [2.24, 2.45) is 0 Å². The number of nitrogens with one attached hydrogen (secondary N) is 10. The highest BCUT2D eigenvalue weighted by atomic mass is 15.2. The number of hydrogen-bond donors (Lipinski definition) is 10. The molecule has 0 unspecified atom stereocenters. The van der Waals surface area contributed by atoms with Gasteiger partial charge in [0.05, 0.1) is 0 Å². The Morgan fingerprint density at radius 1 is 0.263 bits per heavy atom. The van der Waals surface area contributed by atoms with Crippen molar-refractivity contribution in [3.8, 4) is 0 Å². The van der Waals surface area contributed by atoms with Gasteiger partial charge < -0.3 is 21.3 Å². The third-order valence-corrected chi connectivity index (χ3v) is 6.91. The zero-order chi connectivity index (χ0) is 27.5. The summed E-state index contributed by atoms with van der Waals surface area (Å²) in [7, 11) is 0. The first-order valence-corrected chi connectivity index (χ1v) is 15.4. The van der Waals surface area contributed by atoms with Gasteiger partial charge in [-0.3, -0.25) is 32.3 Å². The first kappa shape index (κ1) is 33.5. The molecule has 0 aromatic heterocycles. The predicted octanol–water partition coefficient (Wildman–Crippen LogP) is 5.08. The Bertz CT molecular complexity index is 531. The minimum Gasteiger partial charge on any atom is -0.356 e. The number of rotatable bonds is 0. The summed E-state index contributed by atoms with van der Waals surface area (Å²) in [5.41, 5.74) is 0. The molecular formula is C28H58N10. The molecule has 220 valence electrons. The molecule has 0 aromatic carbocycles. The molecule has 38 heavy (non-hydrogen) atoms. The molecule has 0 spiro atoms. The Balaban J connectivity index is 2.22. The molecule has 0 atom stereocenters. The lowest BCUT2D eigenvalue weighted by molar-refractivity contribution is 0.547. The molecule has 1 saturated heterocycles. The molecule has 1 rings (SSSR count). The van der Waals surface area contributed by atoms with Crippen LogP contribution in [0.1, 0.15) is 128 Å². The third-order valence-electron chi connectivity index (χ3n) is 6.91. The van der Waals surface area contributed by atoms with Crippen LogP contribution in [0.5, 0.6) is 0 Å². The summed E-state index contributed by atoms with van der Waals surface area (Å²) in [4.78, 5) is 0. The highest BCUT2D eigenvalue weighted by molar-refractivity contribution is 5.96. The highest BCUT2D eigenvalue weighted by Gasteiger charge is 2.02. The van der Waals surface area contributed by atoms with E-state index < -0.39 is 0 Å². The molecule has 0 aliphatic carbocycles. The van der Waals surface area contributed by atoms with Gasteiger partial charge in [-0.1, -0.05) is 103 Å². The molecule has 10 N–H and O–H groups in total. The smallest absolute Gasteiger partial charge is 0.195 e. The summed E-state index contributed by atoms with van der Waals surface area (Å²) in [6.45, 7) is 3.10. The molecular weight excluding hydrogens is 476 g/mol. The van der Waals surface area contributed by atoms with E-state index in [4.69, 9.17) is 21.6 Å². The van der Waals surface area contributed by atoms with Crippen LogP contribution < -0.4 is 31.9 Å². The SMILES string of the molecule is N=C1NCCCCCCCCCCCCNC(=N)NC(=N)NCCCCCCCCCCCCNC(=N)N1. The van der Waals surface area contributed by atoms with Gasteiger partial charge in [0.1, 0.15) is 0 Å². The van der Waals surface area contributed by atoms with Crippen LogP contribution in [0.3, 0.4) is 0 Å². The first-order valence-electron chi connectivity index (χ1n) is 15.4. The lowest BCUT2D eigenvalue weighted by atomic mass is 10.1. The zero-order valence-electron chi connectivity index (χ0n) is 24.0. The van der Waals surface area contributed by atoms with Crippen molar-refractivity contribution in [1.82, 2.24) is 31.9 Å². The minimum atomic E-state index is 0.207. The second kappa shape index (κ2) is 24.8. The van der Waals surface area contributed by atoms with E-state index in [-0.39, 0.29) is 23.8 Å². The highest BCUT2D eigenvalue weighted by Crippen LogP contribution is 2.11. The standard InChI is InChI=1S/C28H58N10/c29-25-33-21-17-13-9-5-1-2-6-10-14-18-22-34-26(30)38-28(32)36-24-20-16-12-8-4-3-7-11-15-19-23-35-27(31)37-25/h1-24H2,(H5,29,31,33,35,37)(H5,30,32,34,36,38). The Labute approximate surface area is 232 Å². The topological polar surface area (TPSA) is 168 Å². The fourth-order valence-electron chi connectivity index (χ4n) is 4.61. The van der Waals surface area contributed by atoms with E-state index in [1.807, 2.05) is 0 Å². The molecule has 1 fully saturated rings. The molecule has 1 aliphatic heterocycles. The fraction of sp³-hybridized carbons (Fsp3) is 0.857. The maximum Gasteiger partial charge on any atom is 0.195 e. The van der Waals surface area contributed by atoms with Crippen molar-refractivity contribution >= 4 is 23.8 Å². The van der Waals surface area contributed by atoms with Gasteiger partial charge in [-0.2, -0.15) is 0 Å². The first-order chi connectivity index (χ1) is 18.6. The van der Waals surface area contributed by atoms with Crippen LogP contribution in [0.4, 0.5) is 0 Å². The summed E-state index contributed by atoms with van der Waals surface area (Å²) in [6, 6.07) is 0. The molecule has 1 aliphatic rings. The van der Waals surface area contributed by atoms with E-state index in [1.54, 1.807) is 0 Å².